The number of benzene rings is 1. The number of rotatable bonds is 3. The second-order valence-electron chi connectivity index (χ2n) is 5.61. The summed E-state index contributed by atoms with van der Waals surface area (Å²) in [5.41, 5.74) is -0.870. The summed E-state index contributed by atoms with van der Waals surface area (Å²) in [6, 6.07) is 6.29. The van der Waals surface area contributed by atoms with Gasteiger partial charge >= 0.3 is 6.03 Å². The van der Waals surface area contributed by atoms with Crippen molar-refractivity contribution in [3.8, 4) is 5.75 Å². The number of nitrogens with one attached hydrogen (secondary N) is 2. The van der Waals surface area contributed by atoms with Crippen LogP contribution in [-0.4, -0.2) is 48.0 Å². The summed E-state index contributed by atoms with van der Waals surface area (Å²) in [5, 5.41) is 5.50. The second-order valence-corrected chi connectivity index (χ2v) is 6.05. The van der Waals surface area contributed by atoms with Crippen molar-refractivity contribution in [3.63, 3.8) is 0 Å². The van der Waals surface area contributed by atoms with Crippen LogP contribution in [0.5, 0.6) is 5.75 Å². The van der Waals surface area contributed by atoms with Gasteiger partial charge in [-0.15, -0.1) is 0 Å². The fraction of sp³-hybridized carbons (Fsp3) is 0.400. The lowest BCUT2D eigenvalue weighted by Crippen LogP contribution is -2.56. The zero-order chi connectivity index (χ0) is 16.4. The second kappa shape index (κ2) is 6.08. The summed E-state index contributed by atoms with van der Waals surface area (Å²) >= 11 is 5.78. The first-order chi connectivity index (χ1) is 11.0. The van der Waals surface area contributed by atoms with Crippen LogP contribution in [0.4, 0.5) is 4.79 Å². The van der Waals surface area contributed by atoms with Gasteiger partial charge in [-0.3, -0.25) is 14.9 Å². The van der Waals surface area contributed by atoms with Gasteiger partial charge in [-0.05, 0) is 37.1 Å². The van der Waals surface area contributed by atoms with Crippen molar-refractivity contribution in [2.24, 2.45) is 0 Å². The van der Waals surface area contributed by atoms with Crippen LogP contribution < -0.4 is 15.4 Å². The van der Waals surface area contributed by atoms with Crippen LogP contribution in [-0.2, 0) is 9.59 Å². The number of likely N-dealkylation sites (tertiary alicyclic amines) is 1. The van der Waals surface area contributed by atoms with E-state index in [0.29, 0.717) is 36.7 Å². The highest BCUT2D eigenvalue weighted by Crippen LogP contribution is 2.25. The quantitative estimate of drug-likeness (QED) is 0.803. The third-order valence-electron chi connectivity index (χ3n) is 4.16. The van der Waals surface area contributed by atoms with Gasteiger partial charge < -0.3 is 15.0 Å². The van der Waals surface area contributed by atoms with E-state index in [-0.39, 0.29) is 18.4 Å². The number of ether oxygens (including phenoxy) is 1. The molecule has 2 fully saturated rings. The molecule has 4 amide bonds. The maximum atomic E-state index is 12.2. The van der Waals surface area contributed by atoms with Crippen LogP contribution in [0, 0.1) is 0 Å². The summed E-state index contributed by atoms with van der Waals surface area (Å²) < 4.78 is 5.43. The Labute approximate surface area is 137 Å². The standard InChI is InChI=1S/C15H16ClN3O4/c16-10-1-3-11(4-2-10)23-9-12(20)19-7-5-15(6-8-19)13(21)17-14(22)18-15/h1-4H,5-9H2,(H2,17,18,21,22). The number of urea groups is 1. The first-order valence-electron chi connectivity index (χ1n) is 7.28. The van der Waals surface area contributed by atoms with Gasteiger partial charge in [0.15, 0.2) is 6.61 Å². The van der Waals surface area contributed by atoms with Crippen molar-refractivity contribution in [1.29, 1.82) is 0 Å². The fourth-order valence-corrected chi connectivity index (χ4v) is 2.91. The Bertz CT molecular complexity index is 639. The molecule has 1 aromatic rings. The van der Waals surface area contributed by atoms with Crippen molar-refractivity contribution in [3.05, 3.63) is 29.3 Å². The Morgan fingerprint density at radius 3 is 2.43 bits per heavy atom. The highest BCUT2D eigenvalue weighted by atomic mass is 35.5. The number of carbonyl (C=O) groups is 3. The van der Waals surface area contributed by atoms with Crippen LogP contribution in [0.3, 0.4) is 0 Å². The first kappa shape index (κ1) is 15.6. The molecule has 2 aliphatic heterocycles. The van der Waals surface area contributed by atoms with E-state index in [9.17, 15) is 14.4 Å². The van der Waals surface area contributed by atoms with Gasteiger partial charge in [0.2, 0.25) is 0 Å². The van der Waals surface area contributed by atoms with Gasteiger partial charge in [0.25, 0.3) is 11.8 Å². The summed E-state index contributed by atoms with van der Waals surface area (Å²) in [6.45, 7) is 0.722. The Balaban J connectivity index is 1.51. The highest BCUT2D eigenvalue weighted by molar-refractivity contribution is 6.30. The molecule has 0 atom stereocenters. The smallest absolute Gasteiger partial charge is 0.322 e. The zero-order valence-corrected chi connectivity index (χ0v) is 13.1. The average molecular weight is 338 g/mol. The lowest BCUT2D eigenvalue weighted by molar-refractivity contribution is -0.137. The first-order valence-corrected chi connectivity index (χ1v) is 7.66. The van der Waals surface area contributed by atoms with Crippen molar-refractivity contribution >= 4 is 29.4 Å². The molecular weight excluding hydrogens is 322 g/mol. The largest absolute Gasteiger partial charge is 0.484 e. The van der Waals surface area contributed by atoms with Crippen LogP contribution in [0.1, 0.15) is 12.8 Å². The van der Waals surface area contributed by atoms with Gasteiger partial charge in [-0.2, -0.15) is 0 Å². The van der Waals surface area contributed by atoms with Crippen LogP contribution in [0.25, 0.3) is 0 Å². The molecule has 0 saturated carbocycles. The number of amides is 4. The molecule has 1 spiro atoms. The molecule has 0 unspecified atom stereocenters. The molecule has 0 aromatic heterocycles. The van der Waals surface area contributed by atoms with Crippen LogP contribution in [0.2, 0.25) is 5.02 Å². The van der Waals surface area contributed by atoms with Gasteiger partial charge in [-0.25, -0.2) is 4.79 Å². The molecule has 7 nitrogen and oxygen atoms in total. The summed E-state index contributed by atoms with van der Waals surface area (Å²) in [7, 11) is 0. The van der Waals surface area contributed by atoms with Gasteiger partial charge in [0.1, 0.15) is 11.3 Å². The number of piperidine rings is 1. The number of hydrogen-bond donors (Lipinski definition) is 2. The molecule has 2 saturated heterocycles. The molecule has 3 rings (SSSR count). The Morgan fingerprint density at radius 1 is 1.22 bits per heavy atom. The minimum atomic E-state index is -0.870. The van der Waals surface area contributed by atoms with Crippen molar-refractivity contribution in [2.45, 2.75) is 18.4 Å². The number of halogens is 1. The molecule has 8 heteroatoms. The summed E-state index contributed by atoms with van der Waals surface area (Å²) in [4.78, 5) is 36.9. The van der Waals surface area contributed by atoms with E-state index >= 15 is 0 Å². The number of nitrogens with zero attached hydrogens (tertiary/aromatic N) is 1. The lowest BCUT2D eigenvalue weighted by Gasteiger charge is -2.36. The molecule has 0 radical (unpaired) electrons. The topological polar surface area (TPSA) is 87.7 Å². The Hall–Kier alpha value is -2.28. The van der Waals surface area contributed by atoms with E-state index in [1.165, 1.54) is 0 Å². The molecule has 1 aromatic carbocycles. The van der Waals surface area contributed by atoms with E-state index in [0.717, 1.165) is 0 Å². The van der Waals surface area contributed by atoms with E-state index in [1.807, 2.05) is 0 Å². The van der Waals surface area contributed by atoms with Gasteiger partial charge in [0.05, 0.1) is 0 Å². The predicted molar refractivity (Wildman–Crippen MR) is 82.2 cm³/mol. The normalized spacial score (nSPS) is 19.4. The SMILES string of the molecule is O=C1NC(=O)C2(CCN(C(=O)COc3ccc(Cl)cc3)CC2)N1. The Morgan fingerprint density at radius 2 is 1.87 bits per heavy atom. The minimum absolute atomic E-state index is 0.0762. The number of carbonyl (C=O) groups excluding carboxylic acids is 3. The zero-order valence-electron chi connectivity index (χ0n) is 12.3. The molecular formula is C15H16ClN3O4. The van der Waals surface area contributed by atoms with E-state index in [1.54, 1.807) is 29.2 Å². The molecule has 0 aliphatic carbocycles. The maximum Gasteiger partial charge on any atom is 0.322 e. The average Bonchev–Trinajstić information content (AvgIpc) is 2.81. The van der Waals surface area contributed by atoms with Crippen molar-refractivity contribution in [1.82, 2.24) is 15.5 Å². The van der Waals surface area contributed by atoms with E-state index < -0.39 is 11.6 Å². The van der Waals surface area contributed by atoms with E-state index in [2.05, 4.69) is 10.6 Å². The molecule has 2 N–H and O–H groups in total. The maximum absolute atomic E-state index is 12.2. The molecule has 2 aliphatic rings. The van der Waals surface area contributed by atoms with Gasteiger partial charge in [0, 0.05) is 18.1 Å². The molecule has 2 heterocycles. The lowest BCUT2D eigenvalue weighted by atomic mass is 9.88. The minimum Gasteiger partial charge on any atom is -0.484 e. The fourth-order valence-electron chi connectivity index (χ4n) is 2.79. The molecule has 23 heavy (non-hydrogen) atoms. The van der Waals surface area contributed by atoms with E-state index in [4.69, 9.17) is 16.3 Å². The predicted octanol–water partition coefficient (Wildman–Crippen LogP) is 0.919. The third-order valence-corrected chi connectivity index (χ3v) is 4.41. The van der Waals surface area contributed by atoms with Gasteiger partial charge in [-0.1, -0.05) is 11.6 Å². The van der Waals surface area contributed by atoms with Crippen LogP contribution >= 0.6 is 11.6 Å². The highest BCUT2D eigenvalue weighted by Gasteiger charge is 2.48. The Kier molecular flexibility index (Phi) is 4.12. The third kappa shape index (κ3) is 3.24. The van der Waals surface area contributed by atoms with Crippen molar-refractivity contribution in [2.75, 3.05) is 19.7 Å². The molecule has 0 bridgehead atoms. The van der Waals surface area contributed by atoms with Crippen LogP contribution in [0.15, 0.2) is 24.3 Å². The number of imide groups is 1. The number of hydrogen-bond acceptors (Lipinski definition) is 4. The van der Waals surface area contributed by atoms with Crippen molar-refractivity contribution < 1.29 is 19.1 Å². The molecule has 122 valence electrons. The summed E-state index contributed by atoms with van der Waals surface area (Å²) in [5.74, 6) is 0.102. The summed E-state index contributed by atoms with van der Waals surface area (Å²) in [6.07, 6.45) is 0.800. The monoisotopic (exact) mass is 337 g/mol.